The van der Waals surface area contributed by atoms with E-state index in [0.29, 0.717) is 17.8 Å². The summed E-state index contributed by atoms with van der Waals surface area (Å²) in [6.07, 6.45) is 1.59. The second-order valence-corrected chi connectivity index (χ2v) is 4.65. The molecule has 0 N–H and O–H groups in total. The van der Waals surface area contributed by atoms with E-state index in [1.165, 1.54) is 7.11 Å². The number of hydrogen-bond acceptors (Lipinski definition) is 2. The summed E-state index contributed by atoms with van der Waals surface area (Å²) in [6, 6.07) is 0. The number of carbonyl (C=O) groups is 1. The maximum Gasteiger partial charge on any atom is 0.305 e. The van der Waals surface area contributed by atoms with Crippen molar-refractivity contribution in [3.8, 4) is 0 Å². The average molecular weight is 172 g/mol. The molecule has 12 heavy (non-hydrogen) atoms. The molecule has 0 saturated heterocycles. The van der Waals surface area contributed by atoms with Crippen LogP contribution in [0.4, 0.5) is 0 Å². The van der Waals surface area contributed by atoms with Crippen molar-refractivity contribution in [2.24, 2.45) is 11.3 Å². The molecule has 0 radical (unpaired) electrons. The van der Waals surface area contributed by atoms with E-state index in [1.807, 2.05) is 0 Å². The van der Waals surface area contributed by atoms with Gasteiger partial charge in [-0.25, -0.2) is 0 Å². The van der Waals surface area contributed by atoms with Gasteiger partial charge >= 0.3 is 5.97 Å². The predicted molar refractivity (Wildman–Crippen MR) is 49.9 cm³/mol. The van der Waals surface area contributed by atoms with E-state index in [2.05, 4.69) is 32.4 Å². The Morgan fingerprint density at radius 3 is 2.25 bits per heavy atom. The van der Waals surface area contributed by atoms with Crippen LogP contribution in [0.1, 0.15) is 40.5 Å². The molecule has 2 heteroatoms. The van der Waals surface area contributed by atoms with Crippen molar-refractivity contribution < 1.29 is 9.53 Å². The van der Waals surface area contributed by atoms with Gasteiger partial charge in [-0.1, -0.05) is 27.7 Å². The number of hydrogen-bond donors (Lipinski definition) is 0. The largest absolute Gasteiger partial charge is 0.469 e. The number of rotatable bonds is 3. The van der Waals surface area contributed by atoms with Crippen LogP contribution in [0.25, 0.3) is 0 Å². The van der Waals surface area contributed by atoms with E-state index in [0.717, 1.165) is 6.42 Å². The summed E-state index contributed by atoms with van der Waals surface area (Å²) in [5.74, 6) is 0.309. The van der Waals surface area contributed by atoms with Gasteiger partial charge in [0.05, 0.1) is 7.11 Å². The molecule has 0 aromatic rings. The van der Waals surface area contributed by atoms with E-state index in [1.54, 1.807) is 0 Å². The Hall–Kier alpha value is -0.530. The first kappa shape index (κ1) is 11.5. The number of esters is 1. The fourth-order valence-electron chi connectivity index (χ4n) is 1.49. The van der Waals surface area contributed by atoms with Crippen LogP contribution in [0, 0.1) is 11.3 Å². The van der Waals surface area contributed by atoms with Gasteiger partial charge < -0.3 is 4.74 Å². The first-order valence-corrected chi connectivity index (χ1v) is 4.42. The van der Waals surface area contributed by atoms with E-state index in [4.69, 9.17) is 0 Å². The Morgan fingerprint density at radius 2 is 1.92 bits per heavy atom. The van der Waals surface area contributed by atoms with Crippen molar-refractivity contribution >= 4 is 5.97 Å². The van der Waals surface area contributed by atoms with Crippen molar-refractivity contribution in [1.82, 2.24) is 0 Å². The highest BCUT2D eigenvalue weighted by Gasteiger charge is 2.17. The summed E-state index contributed by atoms with van der Waals surface area (Å²) >= 11 is 0. The lowest BCUT2D eigenvalue weighted by Gasteiger charge is -2.22. The third-order valence-corrected chi connectivity index (χ3v) is 1.70. The molecule has 1 atom stereocenters. The lowest BCUT2D eigenvalue weighted by molar-refractivity contribution is -0.141. The summed E-state index contributed by atoms with van der Waals surface area (Å²) in [6.45, 7) is 8.63. The lowest BCUT2D eigenvalue weighted by atomic mass is 9.84. The molecule has 0 aliphatic carbocycles. The van der Waals surface area contributed by atoms with E-state index < -0.39 is 0 Å². The van der Waals surface area contributed by atoms with Gasteiger partial charge in [0.1, 0.15) is 0 Å². The molecular weight excluding hydrogens is 152 g/mol. The molecule has 0 unspecified atom stereocenters. The molecule has 0 bridgehead atoms. The van der Waals surface area contributed by atoms with Crippen LogP contribution < -0.4 is 0 Å². The van der Waals surface area contributed by atoms with E-state index in [9.17, 15) is 4.79 Å². The molecule has 0 fully saturated rings. The smallest absolute Gasteiger partial charge is 0.305 e. The minimum absolute atomic E-state index is 0.105. The molecule has 0 aliphatic heterocycles. The average Bonchev–Trinajstić information content (AvgIpc) is 1.82. The van der Waals surface area contributed by atoms with Crippen molar-refractivity contribution in [1.29, 1.82) is 0 Å². The summed E-state index contributed by atoms with van der Waals surface area (Å²) in [7, 11) is 1.44. The zero-order chi connectivity index (χ0) is 9.78. The van der Waals surface area contributed by atoms with Gasteiger partial charge in [-0.2, -0.15) is 0 Å². The van der Waals surface area contributed by atoms with Crippen LogP contribution in [0.3, 0.4) is 0 Å². The highest BCUT2D eigenvalue weighted by molar-refractivity contribution is 5.69. The highest BCUT2D eigenvalue weighted by Crippen LogP contribution is 2.25. The minimum atomic E-state index is -0.105. The zero-order valence-electron chi connectivity index (χ0n) is 8.81. The quantitative estimate of drug-likeness (QED) is 0.612. The van der Waals surface area contributed by atoms with Crippen molar-refractivity contribution in [3.05, 3.63) is 0 Å². The normalized spacial score (nSPS) is 14.1. The maximum atomic E-state index is 10.9. The number of carbonyl (C=O) groups excluding carboxylic acids is 1. The third-order valence-electron chi connectivity index (χ3n) is 1.70. The maximum absolute atomic E-state index is 10.9. The van der Waals surface area contributed by atoms with E-state index >= 15 is 0 Å². The van der Waals surface area contributed by atoms with Crippen LogP contribution in [0.2, 0.25) is 0 Å². The first-order chi connectivity index (χ1) is 5.35. The van der Waals surface area contributed by atoms with Gasteiger partial charge in [0.15, 0.2) is 0 Å². The zero-order valence-corrected chi connectivity index (χ0v) is 8.81. The molecule has 0 aliphatic rings. The Kier molecular flexibility index (Phi) is 4.29. The summed E-state index contributed by atoms with van der Waals surface area (Å²) in [5.41, 5.74) is 0.299. The van der Waals surface area contributed by atoms with Gasteiger partial charge in [-0.05, 0) is 17.8 Å². The standard InChI is InChI=1S/C10H20O2/c1-8(6-9(11)12-5)7-10(2,3)4/h8H,6-7H2,1-5H3/t8-/m0/s1. The van der Waals surface area contributed by atoms with Gasteiger partial charge in [-0.3, -0.25) is 4.79 Å². The number of ether oxygens (including phenoxy) is 1. The second-order valence-electron chi connectivity index (χ2n) is 4.65. The first-order valence-electron chi connectivity index (χ1n) is 4.42. The molecule has 0 aromatic carbocycles. The van der Waals surface area contributed by atoms with Crippen molar-refractivity contribution in [2.75, 3.05) is 7.11 Å². The Bertz CT molecular complexity index is 144. The summed E-state index contributed by atoms with van der Waals surface area (Å²) in [5, 5.41) is 0. The second kappa shape index (κ2) is 4.48. The van der Waals surface area contributed by atoms with Crippen LogP contribution in [0.15, 0.2) is 0 Å². The molecule has 0 rings (SSSR count). The van der Waals surface area contributed by atoms with Gasteiger partial charge in [0.2, 0.25) is 0 Å². The monoisotopic (exact) mass is 172 g/mol. The molecule has 2 nitrogen and oxygen atoms in total. The van der Waals surface area contributed by atoms with Gasteiger partial charge in [0.25, 0.3) is 0 Å². The van der Waals surface area contributed by atoms with Gasteiger partial charge in [0, 0.05) is 6.42 Å². The molecule has 0 saturated carbocycles. The SMILES string of the molecule is COC(=O)C[C@H](C)CC(C)(C)C. The summed E-state index contributed by atoms with van der Waals surface area (Å²) < 4.78 is 4.60. The lowest BCUT2D eigenvalue weighted by Crippen LogP contribution is -2.14. The molecular formula is C10H20O2. The Balaban J connectivity index is 3.74. The minimum Gasteiger partial charge on any atom is -0.469 e. The number of methoxy groups -OCH3 is 1. The van der Waals surface area contributed by atoms with Crippen LogP contribution in [-0.4, -0.2) is 13.1 Å². The third kappa shape index (κ3) is 6.20. The summed E-state index contributed by atoms with van der Waals surface area (Å²) in [4.78, 5) is 10.9. The van der Waals surface area contributed by atoms with Gasteiger partial charge in [-0.15, -0.1) is 0 Å². The molecule has 0 aromatic heterocycles. The predicted octanol–water partition coefficient (Wildman–Crippen LogP) is 2.62. The van der Waals surface area contributed by atoms with Crippen LogP contribution in [-0.2, 0) is 9.53 Å². The topological polar surface area (TPSA) is 26.3 Å². The fraction of sp³-hybridized carbons (Fsp3) is 0.900. The molecule has 0 heterocycles. The highest BCUT2D eigenvalue weighted by atomic mass is 16.5. The molecule has 0 spiro atoms. The van der Waals surface area contributed by atoms with Crippen LogP contribution >= 0.6 is 0 Å². The fourth-order valence-corrected chi connectivity index (χ4v) is 1.49. The van der Waals surface area contributed by atoms with Crippen molar-refractivity contribution in [2.45, 2.75) is 40.5 Å². The Morgan fingerprint density at radius 1 is 1.42 bits per heavy atom. The van der Waals surface area contributed by atoms with Crippen molar-refractivity contribution in [3.63, 3.8) is 0 Å². The Labute approximate surface area is 75.3 Å². The van der Waals surface area contributed by atoms with Crippen LogP contribution in [0.5, 0.6) is 0 Å². The molecule has 0 amide bonds. The van der Waals surface area contributed by atoms with E-state index in [-0.39, 0.29) is 5.97 Å². The molecule has 72 valence electrons.